The number of benzene rings is 1. The molecule has 0 fully saturated rings. The van der Waals surface area contributed by atoms with Crippen LogP contribution in [0.2, 0.25) is 0 Å². The van der Waals surface area contributed by atoms with Crippen molar-refractivity contribution in [3.63, 3.8) is 0 Å². The lowest BCUT2D eigenvalue weighted by atomic mass is 10.1. The molecule has 6 heteroatoms. The smallest absolute Gasteiger partial charge is 0.240 e. The molecule has 24 heavy (non-hydrogen) atoms. The quantitative estimate of drug-likeness (QED) is 0.607. The van der Waals surface area contributed by atoms with Crippen LogP contribution in [0, 0.1) is 5.92 Å². The van der Waals surface area contributed by atoms with Gasteiger partial charge in [0.2, 0.25) is 5.91 Å². The van der Waals surface area contributed by atoms with E-state index in [2.05, 4.69) is 27.8 Å². The van der Waals surface area contributed by atoms with E-state index < -0.39 is 0 Å². The average molecular weight is 347 g/mol. The van der Waals surface area contributed by atoms with Crippen molar-refractivity contribution in [1.82, 2.24) is 5.43 Å². The maximum absolute atomic E-state index is 11.6. The molecule has 5 nitrogen and oxygen atoms in total. The number of amides is 1. The van der Waals surface area contributed by atoms with Gasteiger partial charge in [0.25, 0.3) is 0 Å². The molecule has 0 saturated heterocycles. The number of aliphatic imine (C=N–C) groups is 1. The number of carbonyl (C=O) groups excluding carboxylic acids is 1. The van der Waals surface area contributed by atoms with Crippen LogP contribution in [0.3, 0.4) is 0 Å². The Hall–Kier alpha value is -1.82. The van der Waals surface area contributed by atoms with E-state index >= 15 is 0 Å². The van der Waals surface area contributed by atoms with Crippen LogP contribution in [0.25, 0.3) is 0 Å². The van der Waals surface area contributed by atoms with Crippen LogP contribution in [-0.2, 0) is 4.79 Å². The van der Waals surface area contributed by atoms with Crippen LogP contribution in [-0.4, -0.2) is 28.6 Å². The molecule has 1 aromatic carbocycles. The topological polar surface area (TPSA) is 65.8 Å². The number of hydrogen-bond donors (Lipinski definition) is 2. The fraction of sp³-hybridized carbons (Fsp3) is 0.500. The van der Waals surface area contributed by atoms with E-state index in [1.165, 1.54) is 0 Å². The monoisotopic (exact) mass is 346 g/mol. The van der Waals surface area contributed by atoms with Gasteiger partial charge < -0.3 is 5.32 Å². The first kappa shape index (κ1) is 18.5. The van der Waals surface area contributed by atoms with Gasteiger partial charge in [0.1, 0.15) is 0 Å². The Morgan fingerprint density at radius 2 is 2.08 bits per heavy atom. The molecule has 0 unspecified atom stereocenters. The molecule has 0 saturated carbocycles. The Morgan fingerprint density at radius 3 is 2.67 bits per heavy atom. The first-order chi connectivity index (χ1) is 11.5. The summed E-state index contributed by atoms with van der Waals surface area (Å²) < 4.78 is 0. The number of rotatable bonds is 6. The summed E-state index contributed by atoms with van der Waals surface area (Å²) in [6, 6.07) is 8.00. The number of hydrogen-bond acceptors (Lipinski definition) is 5. The summed E-state index contributed by atoms with van der Waals surface area (Å²) >= 11 is 1.80. The van der Waals surface area contributed by atoms with Crippen molar-refractivity contribution >= 4 is 34.2 Å². The first-order valence-corrected chi connectivity index (χ1v) is 9.27. The first-order valence-electron chi connectivity index (χ1n) is 8.39. The van der Waals surface area contributed by atoms with Gasteiger partial charge in [0.15, 0.2) is 5.17 Å². The number of nitrogens with one attached hydrogen (secondary N) is 2. The molecule has 1 atom stereocenters. The second-order valence-electron chi connectivity index (χ2n) is 6.33. The molecular formula is C18H26N4OS. The maximum Gasteiger partial charge on any atom is 0.240 e. The molecule has 0 aromatic heterocycles. The van der Waals surface area contributed by atoms with Gasteiger partial charge in [0.05, 0.1) is 12.3 Å². The van der Waals surface area contributed by atoms with E-state index in [1.54, 1.807) is 11.8 Å². The molecule has 1 aliphatic rings. The van der Waals surface area contributed by atoms with Gasteiger partial charge in [-0.1, -0.05) is 44.7 Å². The number of thioether (sulfide) groups is 1. The van der Waals surface area contributed by atoms with Crippen molar-refractivity contribution in [2.24, 2.45) is 16.0 Å². The van der Waals surface area contributed by atoms with Gasteiger partial charge in [-0.15, -0.1) is 0 Å². The standard InChI is InChI=1S/C18H26N4OS/c1-5-16-11-19-18(24-16)20-15-8-6-14(7-9-15)13(4)21-22-17(23)10-12(2)3/h6-9,12,16H,5,10-11H2,1-4H3,(H,19,20)(H,22,23)/b21-13-/t16-/m1/s1. The Balaban J connectivity index is 1.90. The largest absolute Gasteiger partial charge is 0.335 e. The minimum absolute atomic E-state index is 0.0515. The summed E-state index contributed by atoms with van der Waals surface area (Å²) in [5.74, 6) is 0.277. The highest BCUT2D eigenvalue weighted by Crippen LogP contribution is 2.24. The summed E-state index contributed by atoms with van der Waals surface area (Å²) in [5.41, 5.74) is 5.39. The van der Waals surface area contributed by atoms with E-state index in [1.807, 2.05) is 45.0 Å². The lowest BCUT2D eigenvalue weighted by Gasteiger charge is -2.08. The Morgan fingerprint density at radius 1 is 1.38 bits per heavy atom. The van der Waals surface area contributed by atoms with Crippen molar-refractivity contribution in [3.8, 4) is 0 Å². The maximum atomic E-state index is 11.6. The summed E-state index contributed by atoms with van der Waals surface area (Å²) in [6.07, 6.45) is 1.62. The predicted molar refractivity (Wildman–Crippen MR) is 104 cm³/mol. The molecule has 2 rings (SSSR count). The number of hydrazone groups is 1. The van der Waals surface area contributed by atoms with Gasteiger partial charge in [-0.2, -0.15) is 5.10 Å². The number of amidine groups is 1. The summed E-state index contributed by atoms with van der Waals surface area (Å²) in [7, 11) is 0. The minimum Gasteiger partial charge on any atom is -0.335 e. The molecule has 0 bridgehead atoms. The van der Waals surface area contributed by atoms with E-state index in [4.69, 9.17) is 0 Å². The summed E-state index contributed by atoms with van der Waals surface area (Å²) in [4.78, 5) is 16.2. The van der Waals surface area contributed by atoms with Crippen molar-refractivity contribution < 1.29 is 4.79 Å². The molecule has 0 aliphatic carbocycles. The zero-order valence-electron chi connectivity index (χ0n) is 14.8. The predicted octanol–water partition coefficient (Wildman–Crippen LogP) is 3.87. The van der Waals surface area contributed by atoms with Gasteiger partial charge in [0, 0.05) is 17.4 Å². The lowest BCUT2D eigenvalue weighted by Crippen LogP contribution is -2.20. The van der Waals surface area contributed by atoms with Crippen LogP contribution >= 0.6 is 11.8 Å². The average Bonchev–Trinajstić information content (AvgIpc) is 3.00. The molecule has 2 N–H and O–H groups in total. The molecule has 0 radical (unpaired) electrons. The second-order valence-corrected chi connectivity index (χ2v) is 7.62. The summed E-state index contributed by atoms with van der Waals surface area (Å²) in [6.45, 7) is 8.99. The van der Waals surface area contributed by atoms with Crippen molar-refractivity contribution in [2.45, 2.75) is 45.8 Å². The molecule has 1 aliphatic heterocycles. The third-order valence-electron chi connectivity index (χ3n) is 3.67. The zero-order valence-corrected chi connectivity index (χ0v) is 15.6. The van der Waals surface area contributed by atoms with Crippen LogP contribution in [0.1, 0.15) is 46.1 Å². The molecule has 0 spiro atoms. The minimum atomic E-state index is -0.0515. The van der Waals surface area contributed by atoms with Crippen LogP contribution < -0.4 is 10.7 Å². The normalized spacial score (nSPS) is 17.8. The van der Waals surface area contributed by atoms with Crippen LogP contribution in [0.5, 0.6) is 0 Å². The second kappa shape index (κ2) is 8.87. The van der Waals surface area contributed by atoms with Crippen LogP contribution in [0.15, 0.2) is 34.4 Å². The third kappa shape index (κ3) is 5.67. The van der Waals surface area contributed by atoms with Crippen molar-refractivity contribution in [2.75, 3.05) is 11.9 Å². The van der Waals surface area contributed by atoms with E-state index in [0.29, 0.717) is 17.6 Å². The number of nitrogens with zero attached hydrogens (tertiary/aromatic N) is 2. The highest BCUT2D eigenvalue weighted by atomic mass is 32.2. The van der Waals surface area contributed by atoms with Gasteiger partial charge in [-0.25, -0.2) is 5.43 Å². The van der Waals surface area contributed by atoms with Crippen molar-refractivity contribution in [1.29, 1.82) is 0 Å². The Labute approximate surface area is 148 Å². The third-order valence-corrected chi connectivity index (χ3v) is 4.94. The van der Waals surface area contributed by atoms with E-state index in [0.717, 1.165) is 35.1 Å². The molecule has 130 valence electrons. The Bertz CT molecular complexity index is 622. The van der Waals surface area contributed by atoms with Gasteiger partial charge in [-0.05, 0) is 37.0 Å². The molecular weight excluding hydrogens is 320 g/mol. The van der Waals surface area contributed by atoms with E-state index in [-0.39, 0.29) is 5.91 Å². The van der Waals surface area contributed by atoms with Gasteiger partial charge >= 0.3 is 0 Å². The molecule has 1 heterocycles. The highest BCUT2D eigenvalue weighted by molar-refractivity contribution is 8.15. The van der Waals surface area contributed by atoms with E-state index in [9.17, 15) is 4.79 Å². The zero-order chi connectivity index (χ0) is 17.5. The molecule has 1 aromatic rings. The van der Waals surface area contributed by atoms with Crippen molar-refractivity contribution in [3.05, 3.63) is 29.8 Å². The lowest BCUT2D eigenvalue weighted by molar-refractivity contribution is -0.121. The molecule has 1 amide bonds. The Kier molecular flexibility index (Phi) is 6.85. The number of anilines is 1. The fourth-order valence-electron chi connectivity index (χ4n) is 2.24. The fourth-order valence-corrected chi connectivity index (χ4v) is 3.20. The SMILES string of the molecule is CC[C@@H]1CN=C(Nc2ccc(/C(C)=N\NC(=O)CC(C)C)cc2)S1. The van der Waals surface area contributed by atoms with Gasteiger partial charge in [-0.3, -0.25) is 9.79 Å². The highest BCUT2D eigenvalue weighted by Gasteiger charge is 2.17. The number of carbonyl (C=O) groups is 1. The summed E-state index contributed by atoms with van der Waals surface area (Å²) in [5, 5.41) is 9.10. The van der Waals surface area contributed by atoms with Crippen LogP contribution in [0.4, 0.5) is 5.69 Å².